The first kappa shape index (κ1) is 14.9. The molecule has 1 aliphatic rings. The summed E-state index contributed by atoms with van der Waals surface area (Å²) in [5, 5.41) is 0. The zero-order valence-electron chi connectivity index (χ0n) is 12.8. The number of carbonyl (C=O) groups is 1. The maximum Gasteiger partial charge on any atom is 0.263 e. The van der Waals surface area contributed by atoms with Gasteiger partial charge in [0.05, 0.1) is 0 Å². The molecule has 1 saturated heterocycles. The Morgan fingerprint density at radius 2 is 2.10 bits per heavy atom. The highest BCUT2D eigenvalue weighted by Crippen LogP contribution is 2.19. The summed E-state index contributed by atoms with van der Waals surface area (Å²) >= 11 is 0. The Kier molecular flexibility index (Phi) is 5.05. The van der Waals surface area contributed by atoms with Crippen molar-refractivity contribution in [2.24, 2.45) is 5.92 Å². The second-order valence-corrected chi connectivity index (χ2v) is 5.79. The number of hydrogen-bond acceptors (Lipinski definition) is 2. The molecule has 0 radical (unpaired) electrons. The van der Waals surface area contributed by atoms with E-state index in [0.29, 0.717) is 5.92 Å². The topological polar surface area (TPSA) is 29.5 Å². The zero-order valence-corrected chi connectivity index (χ0v) is 12.8. The van der Waals surface area contributed by atoms with Crippen LogP contribution in [0.4, 0.5) is 0 Å². The fraction of sp³-hybridized carbons (Fsp3) is 0.588. The van der Waals surface area contributed by atoms with Gasteiger partial charge in [0.15, 0.2) is 6.10 Å². The van der Waals surface area contributed by atoms with E-state index in [9.17, 15) is 4.79 Å². The molecule has 0 bridgehead atoms. The third kappa shape index (κ3) is 3.75. The monoisotopic (exact) mass is 275 g/mol. The highest BCUT2D eigenvalue weighted by Gasteiger charge is 2.25. The number of piperidine rings is 1. The van der Waals surface area contributed by atoms with Crippen LogP contribution in [-0.2, 0) is 11.2 Å². The van der Waals surface area contributed by atoms with Gasteiger partial charge in [-0.05, 0) is 49.8 Å². The highest BCUT2D eigenvalue weighted by atomic mass is 16.5. The molecular weight excluding hydrogens is 250 g/mol. The average Bonchev–Trinajstić information content (AvgIpc) is 2.47. The lowest BCUT2D eigenvalue weighted by Gasteiger charge is -2.32. The van der Waals surface area contributed by atoms with Crippen molar-refractivity contribution in [1.82, 2.24) is 4.90 Å². The SMILES string of the molecule is CCc1ccc(O[C@@H](C)C(=O)N2CCC[C@@H](C)C2)cc1. The van der Waals surface area contributed by atoms with Gasteiger partial charge >= 0.3 is 0 Å². The van der Waals surface area contributed by atoms with Gasteiger partial charge in [-0.3, -0.25) is 4.79 Å². The molecule has 0 aliphatic carbocycles. The maximum absolute atomic E-state index is 12.4. The molecule has 1 aromatic carbocycles. The smallest absolute Gasteiger partial charge is 0.263 e. The van der Waals surface area contributed by atoms with Gasteiger partial charge in [0.2, 0.25) is 0 Å². The first-order valence-electron chi connectivity index (χ1n) is 7.64. The molecule has 3 heteroatoms. The number of amides is 1. The number of ether oxygens (including phenoxy) is 1. The molecule has 0 N–H and O–H groups in total. The van der Waals surface area contributed by atoms with Crippen LogP contribution in [0.2, 0.25) is 0 Å². The van der Waals surface area contributed by atoms with Crippen molar-refractivity contribution < 1.29 is 9.53 Å². The molecule has 1 aliphatic heterocycles. The van der Waals surface area contributed by atoms with Crippen LogP contribution in [0.25, 0.3) is 0 Å². The summed E-state index contributed by atoms with van der Waals surface area (Å²) in [6.07, 6.45) is 2.93. The molecule has 1 fully saturated rings. The predicted molar refractivity (Wildman–Crippen MR) is 80.9 cm³/mol. The minimum atomic E-state index is -0.409. The van der Waals surface area contributed by atoms with Gasteiger partial charge in [-0.15, -0.1) is 0 Å². The van der Waals surface area contributed by atoms with Crippen molar-refractivity contribution >= 4 is 5.91 Å². The van der Waals surface area contributed by atoms with Crippen molar-refractivity contribution in [2.45, 2.75) is 46.1 Å². The Labute approximate surface area is 121 Å². The van der Waals surface area contributed by atoms with Crippen LogP contribution >= 0.6 is 0 Å². The normalized spacial score (nSPS) is 20.6. The molecule has 0 unspecified atom stereocenters. The number of hydrogen-bond donors (Lipinski definition) is 0. The lowest BCUT2D eigenvalue weighted by atomic mass is 10.00. The predicted octanol–water partition coefficient (Wildman–Crippen LogP) is 3.27. The van der Waals surface area contributed by atoms with Crippen LogP contribution < -0.4 is 4.74 Å². The molecule has 1 amide bonds. The fourth-order valence-electron chi connectivity index (χ4n) is 2.70. The van der Waals surface area contributed by atoms with Gasteiger partial charge in [-0.2, -0.15) is 0 Å². The molecule has 0 aromatic heterocycles. The first-order chi connectivity index (χ1) is 9.60. The van der Waals surface area contributed by atoms with Gasteiger partial charge in [0, 0.05) is 13.1 Å². The van der Waals surface area contributed by atoms with Crippen LogP contribution in [0.5, 0.6) is 5.75 Å². The number of carbonyl (C=O) groups excluding carboxylic acids is 1. The fourth-order valence-corrected chi connectivity index (χ4v) is 2.70. The third-order valence-corrected chi connectivity index (χ3v) is 3.96. The lowest BCUT2D eigenvalue weighted by Crippen LogP contribution is -2.45. The van der Waals surface area contributed by atoms with E-state index in [1.807, 2.05) is 24.0 Å². The summed E-state index contributed by atoms with van der Waals surface area (Å²) in [5.41, 5.74) is 1.28. The Morgan fingerprint density at radius 3 is 2.70 bits per heavy atom. The molecule has 20 heavy (non-hydrogen) atoms. The van der Waals surface area contributed by atoms with E-state index in [1.165, 1.54) is 12.0 Å². The molecule has 1 heterocycles. The Hall–Kier alpha value is -1.51. The van der Waals surface area contributed by atoms with Crippen LogP contribution in [0.1, 0.15) is 39.2 Å². The average molecular weight is 275 g/mol. The quantitative estimate of drug-likeness (QED) is 0.844. The van der Waals surface area contributed by atoms with Gasteiger partial charge < -0.3 is 9.64 Å². The summed E-state index contributed by atoms with van der Waals surface area (Å²) in [7, 11) is 0. The zero-order chi connectivity index (χ0) is 14.5. The van der Waals surface area contributed by atoms with Crippen LogP contribution in [-0.4, -0.2) is 30.0 Å². The lowest BCUT2D eigenvalue weighted by molar-refractivity contribution is -0.139. The summed E-state index contributed by atoms with van der Waals surface area (Å²) in [5.74, 6) is 1.48. The minimum absolute atomic E-state index is 0.108. The number of benzene rings is 1. The standard InChI is InChI=1S/C17H25NO2/c1-4-15-7-9-16(10-8-15)20-14(3)17(19)18-11-5-6-13(2)12-18/h7-10,13-14H,4-6,11-12H2,1-3H3/t13-,14+/m1/s1. The highest BCUT2D eigenvalue weighted by molar-refractivity contribution is 5.81. The van der Waals surface area contributed by atoms with E-state index in [0.717, 1.165) is 31.7 Å². The minimum Gasteiger partial charge on any atom is -0.481 e. The number of nitrogens with zero attached hydrogens (tertiary/aromatic N) is 1. The van der Waals surface area contributed by atoms with Gasteiger partial charge in [-0.25, -0.2) is 0 Å². The molecule has 110 valence electrons. The van der Waals surface area contributed by atoms with Crippen molar-refractivity contribution in [1.29, 1.82) is 0 Å². The van der Waals surface area contributed by atoms with Gasteiger partial charge in [-0.1, -0.05) is 26.0 Å². The summed E-state index contributed by atoms with van der Waals surface area (Å²) in [4.78, 5) is 14.3. The van der Waals surface area contributed by atoms with E-state index >= 15 is 0 Å². The van der Waals surface area contributed by atoms with Crippen molar-refractivity contribution in [3.63, 3.8) is 0 Å². The molecular formula is C17H25NO2. The van der Waals surface area contributed by atoms with E-state index in [4.69, 9.17) is 4.74 Å². The van der Waals surface area contributed by atoms with Crippen LogP contribution in [0.15, 0.2) is 24.3 Å². The summed E-state index contributed by atoms with van der Waals surface area (Å²) in [6, 6.07) is 7.99. The number of rotatable bonds is 4. The molecule has 2 rings (SSSR count). The Bertz CT molecular complexity index is 441. The van der Waals surface area contributed by atoms with E-state index in [2.05, 4.69) is 26.0 Å². The molecule has 2 atom stereocenters. The van der Waals surface area contributed by atoms with Crippen molar-refractivity contribution in [3.8, 4) is 5.75 Å². The van der Waals surface area contributed by atoms with E-state index < -0.39 is 6.10 Å². The molecule has 3 nitrogen and oxygen atoms in total. The largest absolute Gasteiger partial charge is 0.481 e. The van der Waals surface area contributed by atoms with Crippen molar-refractivity contribution in [3.05, 3.63) is 29.8 Å². The van der Waals surface area contributed by atoms with Crippen LogP contribution in [0.3, 0.4) is 0 Å². The second-order valence-electron chi connectivity index (χ2n) is 5.79. The number of likely N-dealkylation sites (tertiary alicyclic amines) is 1. The molecule has 0 spiro atoms. The number of aryl methyl sites for hydroxylation is 1. The van der Waals surface area contributed by atoms with Gasteiger partial charge in [0.25, 0.3) is 5.91 Å². The van der Waals surface area contributed by atoms with E-state index in [-0.39, 0.29) is 5.91 Å². The summed E-state index contributed by atoms with van der Waals surface area (Å²) < 4.78 is 5.77. The van der Waals surface area contributed by atoms with E-state index in [1.54, 1.807) is 0 Å². The molecule has 0 saturated carbocycles. The van der Waals surface area contributed by atoms with Gasteiger partial charge in [0.1, 0.15) is 5.75 Å². The van der Waals surface area contributed by atoms with Crippen molar-refractivity contribution in [2.75, 3.05) is 13.1 Å². The second kappa shape index (κ2) is 6.78. The molecule has 1 aromatic rings. The van der Waals surface area contributed by atoms with Crippen LogP contribution in [0, 0.1) is 5.92 Å². The Morgan fingerprint density at radius 1 is 1.40 bits per heavy atom. The Balaban J connectivity index is 1.92. The maximum atomic E-state index is 12.4. The first-order valence-corrected chi connectivity index (χ1v) is 7.64. The summed E-state index contributed by atoms with van der Waals surface area (Å²) in [6.45, 7) is 7.90. The third-order valence-electron chi connectivity index (χ3n) is 3.96.